The average molecular weight is 352 g/mol. The lowest BCUT2D eigenvalue weighted by Gasteiger charge is -2.20. The molecule has 2 heterocycles. The fourth-order valence-electron chi connectivity index (χ4n) is 2.45. The van der Waals surface area contributed by atoms with Gasteiger partial charge in [-0.2, -0.15) is 0 Å². The highest BCUT2D eigenvalue weighted by atomic mass is 35.5. The molecule has 0 spiro atoms. The van der Waals surface area contributed by atoms with Crippen LogP contribution in [0.2, 0.25) is 5.02 Å². The number of hydrogen-bond acceptors (Lipinski definition) is 5. The molecule has 6 nitrogen and oxygen atoms in total. The molecule has 1 aliphatic rings. The number of benzene rings is 1. The monoisotopic (exact) mass is 351 g/mol. The van der Waals surface area contributed by atoms with Gasteiger partial charge < -0.3 is 15.1 Å². The quantitative estimate of drug-likeness (QED) is 0.916. The van der Waals surface area contributed by atoms with E-state index >= 15 is 0 Å². The third-order valence-corrected chi connectivity index (χ3v) is 4.87. The van der Waals surface area contributed by atoms with Crippen molar-refractivity contribution in [2.75, 3.05) is 12.3 Å². The van der Waals surface area contributed by atoms with Crippen molar-refractivity contribution >= 4 is 35.2 Å². The highest BCUT2D eigenvalue weighted by Crippen LogP contribution is 2.31. The van der Waals surface area contributed by atoms with E-state index in [0.717, 1.165) is 0 Å². The first-order valence-corrected chi connectivity index (χ1v) is 8.35. The Hall–Kier alpha value is -1.99. The second kappa shape index (κ2) is 6.25. The molecule has 1 saturated heterocycles. The smallest absolute Gasteiger partial charge is 0.277 e. The molecule has 2 N–H and O–H groups in total. The summed E-state index contributed by atoms with van der Waals surface area (Å²) in [7, 11) is 0. The summed E-state index contributed by atoms with van der Waals surface area (Å²) in [5.74, 6) is 0.458. The van der Waals surface area contributed by atoms with Gasteiger partial charge in [-0.3, -0.25) is 9.59 Å². The summed E-state index contributed by atoms with van der Waals surface area (Å²) >= 11 is 7.35. The molecule has 0 radical (unpaired) electrons. The number of halogens is 1. The molecule has 1 aromatic heterocycles. The molecule has 120 valence electrons. The van der Waals surface area contributed by atoms with E-state index in [1.807, 2.05) is 0 Å². The molecule has 1 aliphatic heterocycles. The molecule has 1 unspecified atom stereocenters. The molecule has 0 saturated carbocycles. The van der Waals surface area contributed by atoms with E-state index in [-0.39, 0.29) is 11.6 Å². The van der Waals surface area contributed by atoms with Crippen LogP contribution in [0.15, 0.2) is 28.7 Å². The fourth-order valence-corrected chi connectivity index (χ4v) is 3.71. The summed E-state index contributed by atoms with van der Waals surface area (Å²) in [6, 6.07) is 6.98. The molecular weight excluding hydrogens is 338 g/mol. The van der Waals surface area contributed by atoms with Crippen LogP contribution in [0.5, 0.6) is 0 Å². The van der Waals surface area contributed by atoms with E-state index in [0.29, 0.717) is 34.5 Å². The molecule has 8 heteroatoms. The first kappa shape index (κ1) is 15.9. The van der Waals surface area contributed by atoms with Gasteiger partial charge in [-0.25, -0.2) is 4.98 Å². The van der Waals surface area contributed by atoms with Gasteiger partial charge in [0.15, 0.2) is 22.7 Å². The summed E-state index contributed by atoms with van der Waals surface area (Å²) in [5, 5.41) is -0.145. The van der Waals surface area contributed by atoms with Crippen LogP contribution < -0.4 is 5.73 Å². The minimum Gasteiger partial charge on any atom is -0.440 e. The van der Waals surface area contributed by atoms with Crippen LogP contribution >= 0.6 is 23.4 Å². The van der Waals surface area contributed by atoms with Crippen LogP contribution in [0.4, 0.5) is 0 Å². The molecule has 1 aromatic carbocycles. The Labute approximate surface area is 142 Å². The van der Waals surface area contributed by atoms with Gasteiger partial charge in [-0.15, -0.1) is 11.8 Å². The highest BCUT2D eigenvalue weighted by molar-refractivity contribution is 8.00. The molecule has 0 bridgehead atoms. The Morgan fingerprint density at radius 2 is 2.26 bits per heavy atom. The predicted molar refractivity (Wildman–Crippen MR) is 88.2 cm³/mol. The summed E-state index contributed by atoms with van der Waals surface area (Å²) in [4.78, 5) is 29.9. The largest absolute Gasteiger partial charge is 0.440 e. The van der Waals surface area contributed by atoms with Crippen molar-refractivity contribution in [2.45, 2.75) is 12.3 Å². The number of carbonyl (C=O) groups is 2. The van der Waals surface area contributed by atoms with Crippen molar-refractivity contribution in [1.29, 1.82) is 0 Å². The molecular formula is C15H14ClN3O3S. The SMILES string of the molecule is Cc1nc(C(=O)N2CCSC2C(N)=O)c(-c2cccc(Cl)c2)o1. The zero-order chi connectivity index (χ0) is 16.6. The summed E-state index contributed by atoms with van der Waals surface area (Å²) in [6.07, 6.45) is 0. The van der Waals surface area contributed by atoms with Gasteiger partial charge in [-0.1, -0.05) is 23.7 Å². The number of amides is 2. The second-order valence-corrected chi connectivity index (χ2v) is 6.67. The normalized spacial score (nSPS) is 17.5. The maximum Gasteiger partial charge on any atom is 0.277 e. The molecule has 1 atom stereocenters. The summed E-state index contributed by atoms with van der Waals surface area (Å²) in [5.41, 5.74) is 6.19. The minimum atomic E-state index is -0.674. The van der Waals surface area contributed by atoms with E-state index in [1.54, 1.807) is 31.2 Å². The van der Waals surface area contributed by atoms with Crippen molar-refractivity contribution in [3.8, 4) is 11.3 Å². The van der Waals surface area contributed by atoms with Crippen LogP contribution in [-0.4, -0.2) is 39.4 Å². The van der Waals surface area contributed by atoms with E-state index in [9.17, 15) is 9.59 Å². The zero-order valence-electron chi connectivity index (χ0n) is 12.3. The highest BCUT2D eigenvalue weighted by Gasteiger charge is 2.36. The van der Waals surface area contributed by atoms with Gasteiger partial charge in [0.2, 0.25) is 0 Å². The van der Waals surface area contributed by atoms with E-state index in [2.05, 4.69) is 4.98 Å². The number of aryl methyl sites for hydroxylation is 1. The molecule has 23 heavy (non-hydrogen) atoms. The number of hydrogen-bond donors (Lipinski definition) is 1. The van der Waals surface area contributed by atoms with Gasteiger partial charge in [-0.05, 0) is 12.1 Å². The fraction of sp³-hybridized carbons (Fsp3) is 0.267. The summed E-state index contributed by atoms with van der Waals surface area (Å²) < 4.78 is 5.59. The van der Waals surface area contributed by atoms with Gasteiger partial charge >= 0.3 is 0 Å². The molecule has 0 aliphatic carbocycles. The van der Waals surface area contributed by atoms with Crippen LogP contribution in [0.3, 0.4) is 0 Å². The van der Waals surface area contributed by atoms with Crippen LogP contribution in [0.25, 0.3) is 11.3 Å². The Balaban J connectivity index is 2.00. The van der Waals surface area contributed by atoms with Gasteiger partial charge in [0, 0.05) is 29.8 Å². The zero-order valence-corrected chi connectivity index (χ0v) is 13.9. The standard InChI is InChI=1S/C15H14ClN3O3S/c1-8-18-11(12(22-8)9-3-2-4-10(16)7-9)14(21)19-5-6-23-15(19)13(17)20/h2-4,7,15H,5-6H2,1H3,(H2,17,20). The Bertz CT molecular complexity index is 777. The van der Waals surface area contributed by atoms with E-state index in [1.165, 1.54) is 16.7 Å². The van der Waals surface area contributed by atoms with Crippen molar-refractivity contribution in [3.63, 3.8) is 0 Å². The lowest BCUT2D eigenvalue weighted by Crippen LogP contribution is -2.42. The van der Waals surface area contributed by atoms with Crippen LogP contribution in [-0.2, 0) is 4.79 Å². The molecule has 3 rings (SSSR count). The Kier molecular flexibility index (Phi) is 4.32. The third kappa shape index (κ3) is 3.07. The number of aromatic nitrogens is 1. The number of rotatable bonds is 3. The van der Waals surface area contributed by atoms with Gasteiger partial charge in [0.1, 0.15) is 0 Å². The lowest BCUT2D eigenvalue weighted by molar-refractivity contribution is -0.119. The van der Waals surface area contributed by atoms with Crippen molar-refractivity contribution in [3.05, 3.63) is 40.9 Å². The summed E-state index contributed by atoms with van der Waals surface area (Å²) in [6.45, 7) is 2.10. The number of oxazole rings is 1. The molecule has 2 amide bonds. The first-order chi connectivity index (χ1) is 11.0. The van der Waals surface area contributed by atoms with Gasteiger partial charge in [0.25, 0.3) is 11.8 Å². The van der Waals surface area contributed by atoms with Crippen molar-refractivity contribution in [1.82, 2.24) is 9.88 Å². The molecule has 2 aromatic rings. The maximum absolute atomic E-state index is 12.8. The van der Waals surface area contributed by atoms with Gasteiger partial charge in [0.05, 0.1) is 0 Å². The maximum atomic E-state index is 12.8. The second-order valence-electron chi connectivity index (χ2n) is 5.05. The molecule has 1 fully saturated rings. The van der Waals surface area contributed by atoms with Crippen LogP contribution in [0, 0.1) is 6.92 Å². The average Bonchev–Trinajstić information content (AvgIpc) is 3.13. The minimum absolute atomic E-state index is 0.165. The van der Waals surface area contributed by atoms with E-state index in [4.69, 9.17) is 21.8 Å². The third-order valence-electron chi connectivity index (χ3n) is 3.42. The topological polar surface area (TPSA) is 89.4 Å². The van der Waals surface area contributed by atoms with Crippen molar-refractivity contribution in [2.24, 2.45) is 5.73 Å². The Morgan fingerprint density at radius 1 is 1.48 bits per heavy atom. The first-order valence-electron chi connectivity index (χ1n) is 6.92. The van der Waals surface area contributed by atoms with Crippen LogP contribution in [0.1, 0.15) is 16.4 Å². The number of primary amides is 1. The number of nitrogens with two attached hydrogens (primary N) is 1. The Morgan fingerprint density at radius 3 is 2.96 bits per heavy atom. The van der Waals surface area contributed by atoms with Crippen molar-refractivity contribution < 1.29 is 14.0 Å². The van der Waals surface area contributed by atoms with E-state index < -0.39 is 11.3 Å². The number of thioether (sulfide) groups is 1. The lowest BCUT2D eigenvalue weighted by atomic mass is 10.1. The number of carbonyl (C=O) groups excluding carboxylic acids is 2. The number of nitrogens with zero attached hydrogens (tertiary/aromatic N) is 2. The predicted octanol–water partition coefficient (Wildman–Crippen LogP) is 2.30.